The van der Waals surface area contributed by atoms with E-state index in [1.165, 1.54) is 12.1 Å². The molecule has 0 aliphatic carbocycles. The Morgan fingerprint density at radius 2 is 2.13 bits per heavy atom. The number of rotatable bonds is 3. The molecule has 0 atom stereocenters. The van der Waals surface area contributed by atoms with Crippen LogP contribution in [0.2, 0.25) is 0 Å². The van der Waals surface area contributed by atoms with E-state index in [0.29, 0.717) is 0 Å². The van der Waals surface area contributed by atoms with Crippen LogP contribution in [0, 0.1) is 11.3 Å². The Morgan fingerprint density at radius 3 is 2.70 bits per heavy atom. The lowest BCUT2D eigenvalue weighted by Gasteiger charge is -2.12. The van der Waals surface area contributed by atoms with E-state index in [-0.39, 0.29) is 26.4 Å². The minimum absolute atomic E-state index is 0.0138. The van der Waals surface area contributed by atoms with Crippen LogP contribution in [0.5, 0.6) is 5.75 Å². The summed E-state index contributed by atoms with van der Waals surface area (Å²) in [5.41, 5.74) is -0.809. The molecule has 0 aliphatic rings. The fourth-order valence-electron chi connectivity index (χ4n) is 1.72. The van der Waals surface area contributed by atoms with Gasteiger partial charge < -0.3 is 9.72 Å². The van der Waals surface area contributed by atoms with Gasteiger partial charge in [0, 0.05) is 5.56 Å². The largest absolute Gasteiger partial charge is 0.573 e. The second-order valence-electron chi connectivity index (χ2n) is 4.10. The normalized spacial score (nSPS) is 11.1. The van der Waals surface area contributed by atoms with Gasteiger partial charge in [-0.1, -0.05) is 17.8 Å². The van der Waals surface area contributed by atoms with Crippen LogP contribution >= 0.6 is 27.7 Å². The Labute approximate surface area is 140 Å². The Bertz CT molecular complexity index is 846. The molecule has 120 valence electrons. The maximum atomic E-state index is 12.4. The maximum Gasteiger partial charge on any atom is 0.573 e. The van der Waals surface area contributed by atoms with Gasteiger partial charge in [0.1, 0.15) is 17.4 Å². The highest BCUT2D eigenvalue weighted by Gasteiger charge is 2.32. The number of nitrogens with one attached hydrogen (secondary N) is 1. The van der Waals surface area contributed by atoms with Gasteiger partial charge in [-0.3, -0.25) is 4.79 Å². The van der Waals surface area contributed by atoms with Gasteiger partial charge in [0.2, 0.25) is 0 Å². The highest BCUT2D eigenvalue weighted by molar-refractivity contribution is 9.10. The number of alkyl halides is 3. The zero-order valence-electron chi connectivity index (χ0n) is 11.4. The first-order valence-corrected chi connectivity index (χ1v) is 7.91. The van der Waals surface area contributed by atoms with Crippen LogP contribution in [0.4, 0.5) is 13.2 Å². The highest BCUT2D eigenvalue weighted by atomic mass is 79.9. The van der Waals surface area contributed by atoms with Crippen molar-refractivity contribution < 1.29 is 17.9 Å². The molecule has 0 saturated heterocycles. The Kier molecular flexibility index (Phi) is 5.01. The minimum Gasteiger partial charge on any atom is -0.405 e. The van der Waals surface area contributed by atoms with E-state index < -0.39 is 17.7 Å². The molecule has 1 aromatic carbocycles. The number of ether oxygens (including phenoxy) is 1. The van der Waals surface area contributed by atoms with Crippen LogP contribution in [-0.4, -0.2) is 22.6 Å². The van der Waals surface area contributed by atoms with Gasteiger partial charge >= 0.3 is 6.36 Å². The standard InChI is InChI=1S/C13H7BrF3N3O2S/c1-23-12-19-10(7(5-18)11(21)20-12)6-2-3-8(14)9(4-6)22-13(15,16)17/h2-4H,1H3,(H,19,20,21). The summed E-state index contributed by atoms with van der Waals surface area (Å²) >= 11 is 4.08. The highest BCUT2D eigenvalue weighted by Crippen LogP contribution is 2.34. The smallest absolute Gasteiger partial charge is 0.405 e. The summed E-state index contributed by atoms with van der Waals surface area (Å²) in [5.74, 6) is -0.494. The lowest BCUT2D eigenvalue weighted by atomic mass is 10.1. The van der Waals surface area contributed by atoms with E-state index in [1.54, 1.807) is 12.3 Å². The van der Waals surface area contributed by atoms with Gasteiger partial charge in [-0.2, -0.15) is 5.26 Å². The molecule has 0 spiro atoms. The lowest BCUT2D eigenvalue weighted by Crippen LogP contribution is -2.17. The van der Waals surface area contributed by atoms with Gasteiger partial charge in [0.05, 0.1) is 10.2 Å². The summed E-state index contributed by atoms with van der Waals surface area (Å²) in [7, 11) is 0. The van der Waals surface area contributed by atoms with Crippen molar-refractivity contribution in [2.24, 2.45) is 0 Å². The molecule has 0 amide bonds. The topological polar surface area (TPSA) is 78.8 Å². The molecule has 0 aliphatic heterocycles. The Hall–Kier alpha value is -1.99. The molecule has 2 aromatic rings. The predicted octanol–water partition coefficient (Wildman–Crippen LogP) is 3.69. The van der Waals surface area contributed by atoms with Gasteiger partial charge in [0.25, 0.3) is 5.56 Å². The van der Waals surface area contributed by atoms with Crippen molar-refractivity contribution in [3.05, 3.63) is 38.6 Å². The van der Waals surface area contributed by atoms with Crippen molar-refractivity contribution in [1.29, 1.82) is 5.26 Å². The van der Waals surface area contributed by atoms with Crippen molar-refractivity contribution in [1.82, 2.24) is 9.97 Å². The number of H-pyrrole nitrogens is 1. The zero-order valence-corrected chi connectivity index (χ0v) is 13.8. The fraction of sp³-hybridized carbons (Fsp3) is 0.154. The first-order valence-electron chi connectivity index (χ1n) is 5.89. The number of halogens is 4. The molecule has 1 heterocycles. The second-order valence-corrected chi connectivity index (χ2v) is 5.75. The third kappa shape index (κ3) is 4.05. The Balaban J connectivity index is 2.64. The quantitative estimate of drug-likeness (QED) is 0.622. The monoisotopic (exact) mass is 405 g/mol. The molecule has 0 radical (unpaired) electrons. The van der Waals surface area contributed by atoms with Gasteiger partial charge in [-0.05, 0) is 34.3 Å². The van der Waals surface area contributed by atoms with Crippen molar-refractivity contribution in [3.8, 4) is 23.1 Å². The zero-order chi connectivity index (χ0) is 17.2. The third-order valence-electron chi connectivity index (χ3n) is 2.63. The molecule has 0 saturated carbocycles. The summed E-state index contributed by atoms with van der Waals surface area (Å²) < 4.78 is 41.2. The minimum atomic E-state index is -4.87. The molecule has 1 aromatic heterocycles. The van der Waals surface area contributed by atoms with Gasteiger partial charge in [0.15, 0.2) is 5.16 Å². The van der Waals surface area contributed by atoms with Crippen molar-refractivity contribution in [3.63, 3.8) is 0 Å². The summed E-state index contributed by atoms with van der Waals surface area (Å²) in [6.45, 7) is 0. The number of hydrogen-bond acceptors (Lipinski definition) is 5. The number of benzene rings is 1. The molecule has 10 heteroatoms. The predicted molar refractivity (Wildman–Crippen MR) is 81.2 cm³/mol. The van der Waals surface area contributed by atoms with Crippen LogP contribution in [0.3, 0.4) is 0 Å². The molecular formula is C13H7BrF3N3O2S. The molecule has 0 bridgehead atoms. The SMILES string of the molecule is CSc1nc(-c2ccc(Br)c(OC(F)(F)F)c2)c(C#N)c(=O)[nH]1. The second kappa shape index (κ2) is 6.64. The molecule has 1 N–H and O–H groups in total. The number of hydrogen-bond donors (Lipinski definition) is 1. The summed E-state index contributed by atoms with van der Waals surface area (Å²) in [5, 5.41) is 9.34. The summed E-state index contributed by atoms with van der Waals surface area (Å²) in [6.07, 6.45) is -3.21. The van der Waals surface area contributed by atoms with Crippen LogP contribution in [0.1, 0.15) is 5.56 Å². The first kappa shape index (κ1) is 17.4. The number of thioether (sulfide) groups is 1. The summed E-state index contributed by atoms with van der Waals surface area (Å²) in [6, 6.07) is 5.51. The number of nitriles is 1. The average Bonchev–Trinajstić information content (AvgIpc) is 2.47. The van der Waals surface area contributed by atoms with E-state index in [0.717, 1.165) is 17.8 Å². The molecule has 0 fully saturated rings. The van der Waals surface area contributed by atoms with E-state index in [4.69, 9.17) is 5.26 Å². The van der Waals surface area contributed by atoms with Crippen molar-refractivity contribution in [2.75, 3.05) is 6.26 Å². The van der Waals surface area contributed by atoms with Crippen LogP contribution < -0.4 is 10.3 Å². The summed E-state index contributed by atoms with van der Waals surface area (Å²) in [4.78, 5) is 18.4. The first-order chi connectivity index (χ1) is 10.7. The van der Waals surface area contributed by atoms with Gasteiger partial charge in [-0.15, -0.1) is 13.2 Å². The maximum absolute atomic E-state index is 12.4. The Morgan fingerprint density at radius 1 is 1.43 bits per heavy atom. The van der Waals surface area contributed by atoms with E-state index in [9.17, 15) is 18.0 Å². The third-order valence-corrected chi connectivity index (χ3v) is 3.87. The van der Waals surface area contributed by atoms with Gasteiger partial charge in [-0.25, -0.2) is 4.98 Å². The molecule has 23 heavy (non-hydrogen) atoms. The van der Waals surface area contributed by atoms with E-state index in [1.807, 2.05) is 0 Å². The average molecular weight is 406 g/mol. The molecule has 2 rings (SSSR count). The van der Waals surface area contributed by atoms with Crippen LogP contribution in [-0.2, 0) is 0 Å². The lowest BCUT2D eigenvalue weighted by molar-refractivity contribution is -0.274. The fourth-order valence-corrected chi connectivity index (χ4v) is 2.42. The molecule has 0 unspecified atom stereocenters. The van der Waals surface area contributed by atoms with E-state index in [2.05, 4.69) is 30.6 Å². The number of nitrogens with zero attached hydrogens (tertiary/aromatic N) is 2. The number of aromatic amines is 1. The van der Waals surface area contributed by atoms with Crippen molar-refractivity contribution >= 4 is 27.7 Å². The van der Waals surface area contributed by atoms with Crippen LogP contribution in [0.15, 0.2) is 32.6 Å². The van der Waals surface area contributed by atoms with E-state index >= 15 is 0 Å². The molecular weight excluding hydrogens is 399 g/mol. The molecule has 5 nitrogen and oxygen atoms in total. The number of aromatic nitrogens is 2. The van der Waals surface area contributed by atoms with Crippen LogP contribution in [0.25, 0.3) is 11.3 Å². The van der Waals surface area contributed by atoms with Crippen molar-refractivity contribution in [2.45, 2.75) is 11.5 Å².